The van der Waals surface area contributed by atoms with E-state index in [4.69, 9.17) is 9.84 Å². The van der Waals surface area contributed by atoms with E-state index in [1.54, 1.807) is 12.1 Å². The molecular formula is C15H18O5S. The Morgan fingerprint density at radius 2 is 2.00 bits per heavy atom. The highest BCUT2D eigenvalue weighted by molar-refractivity contribution is 7.91. The lowest BCUT2D eigenvalue weighted by Gasteiger charge is -2.12. The van der Waals surface area contributed by atoms with Crippen LogP contribution >= 0.6 is 0 Å². The van der Waals surface area contributed by atoms with E-state index in [0.29, 0.717) is 17.7 Å². The molecule has 1 aromatic carbocycles. The first-order valence-electron chi connectivity index (χ1n) is 7.18. The Bertz CT molecular complexity index is 665. The van der Waals surface area contributed by atoms with Gasteiger partial charge in [-0.3, -0.25) is 0 Å². The van der Waals surface area contributed by atoms with Gasteiger partial charge in [-0.15, -0.1) is 0 Å². The van der Waals surface area contributed by atoms with E-state index in [0.717, 1.165) is 24.8 Å². The molecule has 2 aliphatic rings. The number of carboxylic acids is 1. The van der Waals surface area contributed by atoms with Crippen LogP contribution in [0.1, 0.15) is 30.4 Å². The number of aliphatic carboxylic acids is 1. The number of rotatable bonds is 4. The molecule has 1 saturated heterocycles. The number of hydrogen-bond donors (Lipinski definition) is 1. The summed E-state index contributed by atoms with van der Waals surface area (Å²) in [6, 6.07) is 5.31. The van der Waals surface area contributed by atoms with E-state index in [9.17, 15) is 13.2 Å². The molecule has 0 radical (unpaired) electrons. The Kier molecular flexibility index (Phi) is 3.75. The Hall–Kier alpha value is -1.40. The normalized spacial score (nSPS) is 25.0. The molecule has 0 aromatic heterocycles. The van der Waals surface area contributed by atoms with Crippen molar-refractivity contribution in [1.29, 1.82) is 0 Å². The number of carboxylic acid groups (broad SMARTS) is 1. The van der Waals surface area contributed by atoms with E-state index >= 15 is 0 Å². The molecule has 0 spiro atoms. The molecule has 0 bridgehead atoms. The van der Waals surface area contributed by atoms with Gasteiger partial charge in [-0.05, 0) is 55.4 Å². The number of fused-ring (bicyclic) bond motifs is 1. The quantitative estimate of drug-likeness (QED) is 0.913. The lowest BCUT2D eigenvalue weighted by atomic mass is 10.1. The van der Waals surface area contributed by atoms with Gasteiger partial charge in [0, 0.05) is 0 Å². The summed E-state index contributed by atoms with van der Waals surface area (Å²) in [5.74, 6) is -1.16. The highest BCUT2D eigenvalue weighted by Crippen LogP contribution is 2.27. The monoisotopic (exact) mass is 310 g/mol. The van der Waals surface area contributed by atoms with Crippen molar-refractivity contribution in [2.45, 2.75) is 49.2 Å². The summed E-state index contributed by atoms with van der Waals surface area (Å²) in [6.07, 6.45) is 2.47. The second-order valence-corrected chi connectivity index (χ2v) is 7.76. The van der Waals surface area contributed by atoms with Gasteiger partial charge in [0.2, 0.25) is 0 Å². The van der Waals surface area contributed by atoms with E-state index in [-0.39, 0.29) is 5.75 Å². The van der Waals surface area contributed by atoms with Crippen molar-refractivity contribution in [2.75, 3.05) is 5.75 Å². The molecule has 6 heteroatoms. The number of ether oxygens (including phenoxy) is 1. The molecule has 21 heavy (non-hydrogen) atoms. The summed E-state index contributed by atoms with van der Waals surface area (Å²) in [6.45, 7) is 0. The summed E-state index contributed by atoms with van der Waals surface area (Å²) in [4.78, 5) is 11.2. The van der Waals surface area contributed by atoms with Crippen molar-refractivity contribution in [1.82, 2.24) is 0 Å². The van der Waals surface area contributed by atoms with Gasteiger partial charge in [0.25, 0.3) is 0 Å². The van der Waals surface area contributed by atoms with Gasteiger partial charge in [0.05, 0.1) is 16.8 Å². The zero-order chi connectivity index (χ0) is 15.0. The van der Waals surface area contributed by atoms with Crippen LogP contribution in [0, 0.1) is 0 Å². The molecule has 1 heterocycles. The number of benzene rings is 1. The molecule has 1 aliphatic heterocycles. The lowest BCUT2D eigenvalue weighted by Crippen LogP contribution is -2.25. The van der Waals surface area contributed by atoms with Crippen LogP contribution in [0.15, 0.2) is 23.1 Å². The van der Waals surface area contributed by atoms with Crippen LogP contribution in [-0.2, 0) is 32.2 Å². The number of sulfone groups is 1. The summed E-state index contributed by atoms with van der Waals surface area (Å²) in [5.41, 5.74) is 2.35. The van der Waals surface area contributed by atoms with Gasteiger partial charge in [-0.1, -0.05) is 6.07 Å². The molecule has 1 aliphatic carbocycles. The summed E-state index contributed by atoms with van der Waals surface area (Å²) >= 11 is 0. The second kappa shape index (κ2) is 5.42. The lowest BCUT2D eigenvalue weighted by molar-refractivity contribution is -0.148. The van der Waals surface area contributed by atoms with E-state index in [1.807, 2.05) is 6.07 Å². The Morgan fingerprint density at radius 3 is 2.71 bits per heavy atom. The maximum atomic E-state index is 12.4. The summed E-state index contributed by atoms with van der Waals surface area (Å²) in [5, 5.41) is 8.88. The van der Waals surface area contributed by atoms with E-state index < -0.39 is 28.0 Å². The fourth-order valence-corrected chi connectivity index (χ4v) is 4.62. The highest BCUT2D eigenvalue weighted by Gasteiger charge is 2.34. The molecule has 0 saturated carbocycles. The zero-order valence-electron chi connectivity index (χ0n) is 11.6. The van der Waals surface area contributed by atoms with Gasteiger partial charge >= 0.3 is 5.97 Å². The first-order chi connectivity index (χ1) is 9.95. The number of aryl methyl sites for hydroxylation is 2. The minimum Gasteiger partial charge on any atom is -0.479 e. The maximum absolute atomic E-state index is 12.4. The van der Waals surface area contributed by atoms with Gasteiger partial charge < -0.3 is 9.84 Å². The third-order valence-electron chi connectivity index (χ3n) is 4.22. The van der Waals surface area contributed by atoms with Crippen molar-refractivity contribution in [3.05, 3.63) is 29.3 Å². The minimum absolute atomic E-state index is 0.143. The van der Waals surface area contributed by atoms with Crippen LogP contribution in [0.2, 0.25) is 0 Å². The molecular weight excluding hydrogens is 292 g/mol. The fraction of sp³-hybridized carbons (Fsp3) is 0.533. The van der Waals surface area contributed by atoms with Gasteiger partial charge in [0.15, 0.2) is 15.9 Å². The first kappa shape index (κ1) is 14.5. The molecule has 1 N–H and O–H groups in total. The van der Waals surface area contributed by atoms with Crippen LogP contribution in [0.25, 0.3) is 0 Å². The van der Waals surface area contributed by atoms with E-state index in [2.05, 4.69) is 0 Å². The Morgan fingerprint density at radius 1 is 1.24 bits per heavy atom. The summed E-state index contributed by atoms with van der Waals surface area (Å²) < 4.78 is 30.2. The molecule has 1 fully saturated rings. The van der Waals surface area contributed by atoms with Crippen molar-refractivity contribution in [2.24, 2.45) is 0 Å². The number of hydrogen-bond acceptors (Lipinski definition) is 4. The van der Waals surface area contributed by atoms with Crippen molar-refractivity contribution in [3.63, 3.8) is 0 Å². The molecule has 0 amide bonds. The van der Waals surface area contributed by atoms with Crippen LogP contribution in [0.5, 0.6) is 0 Å². The predicted molar refractivity (Wildman–Crippen MR) is 76.1 cm³/mol. The average Bonchev–Trinajstić information content (AvgIpc) is 3.05. The third-order valence-corrected chi connectivity index (χ3v) is 6.00. The first-order valence-corrected chi connectivity index (χ1v) is 8.84. The van der Waals surface area contributed by atoms with Crippen molar-refractivity contribution >= 4 is 15.8 Å². The fourth-order valence-electron chi connectivity index (χ4n) is 3.09. The molecule has 5 nitrogen and oxygen atoms in total. The molecule has 3 rings (SSSR count). The van der Waals surface area contributed by atoms with Crippen LogP contribution in [-0.4, -0.2) is 37.5 Å². The molecule has 2 unspecified atom stereocenters. The maximum Gasteiger partial charge on any atom is 0.332 e. The standard InChI is InChI=1S/C15H18O5S/c16-15(17)14-7-5-12(20-14)9-21(18,19)13-6-4-10-2-1-3-11(10)8-13/h4,6,8,12,14H,1-3,5,7,9H2,(H,16,17). The van der Waals surface area contributed by atoms with Gasteiger partial charge in [0.1, 0.15) is 0 Å². The smallest absolute Gasteiger partial charge is 0.332 e. The van der Waals surface area contributed by atoms with Crippen molar-refractivity contribution < 1.29 is 23.1 Å². The minimum atomic E-state index is -3.43. The average molecular weight is 310 g/mol. The second-order valence-electron chi connectivity index (χ2n) is 5.73. The molecule has 1 aromatic rings. The Balaban J connectivity index is 1.74. The zero-order valence-corrected chi connectivity index (χ0v) is 12.4. The summed E-state index contributed by atoms with van der Waals surface area (Å²) in [7, 11) is -3.43. The van der Waals surface area contributed by atoms with Crippen LogP contribution < -0.4 is 0 Å². The van der Waals surface area contributed by atoms with Crippen LogP contribution in [0.4, 0.5) is 0 Å². The molecule has 114 valence electrons. The van der Waals surface area contributed by atoms with Gasteiger partial charge in [-0.25, -0.2) is 13.2 Å². The topological polar surface area (TPSA) is 80.7 Å². The van der Waals surface area contributed by atoms with Crippen LogP contribution in [0.3, 0.4) is 0 Å². The van der Waals surface area contributed by atoms with E-state index in [1.165, 1.54) is 5.56 Å². The number of carbonyl (C=O) groups is 1. The molecule has 2 atom stereocenters. The highest BCUT2D eigenvalue weighted by atomic mass is 32.2. The van der Waals surface area contributed by atoms with Crippen molar-refractivity contribution in [3.8, 4) is 0 Å². The van der Waals surface area contributed by atoms with Gasteiger partial charge in [-0.2, -0.15) is 0 Å². The predicted octanol–water partition coefficient (Wildman–Crippen LogP) is 1.58. The largest absolute Gasteiger partial charge is 0.479 e. The SMILES string of the molecule is O=C(O)C1CCC(CS(=O)(=O)c2ccc3c(c2)CCC3)O1. The Labute approximate surface area is 123 Å². The third kappa shape index (κ3) is 2.96.